The van der Waals surface area contributed by atoms with Crippen molar-refractivity contribution in [3.63, 3.8) is 0 Å². The fourth-order valence-corrected chi connectivity index (χ4v) is 0.845. The summed E-state index contributed by atoms with van der Waals surface area (Å²) >= 11 is 0. The quantitative estimate of drug-likeness (QED) is 0.716. The van der Waals surface area contributed by atoms with Gasteiger partial charge < -0.3 is 9.47 Å². The molecule has 15 heavy (non-hydrogen) atoms. The number of halogens is 1. The van der Waals surface area contributed by atoms with Crippen molar-refractivity contribution in [2.24, 2.45) is 0 Å². The summed E-state index contributed by atoms with van der Waals surface area (Å²) in [7, 11) is 1.49. The zero-order chi connectivity index (χ0) is 11.7. The van der Waals surface area contributed by atoms with Crippen LogP contribution in [-0.4, -0.2) is 20.1 Å². The minimum atomic E-state index is -0.355. The molecule has 0 spiro atoms. The standard InChI is InChI=1S/C9H11FO2.CO2/c1-7-3-4-9(8(10)5-7)12-6-11-2;2-1-3/h3-5H,6H2,1-2H3;. The maximum absolute atomic E-state index is 13.0. The van der Waals surface area contributed by atoms with Crippen LogP contribution in [0.15, 0.2) is 18.2 Å². The molecule has 0 bridgehead atoms. The Hall–Kier alpha value is -1.71. The van der Waals surface area contributed by atoms with Gasteiger partial charge in [0, 0.05) is 7.11 Å². The van der Waals surface area contributed by atoms with E-state index in [1.54, 1.807) is 12.1 Å². The lowest BCUT2D eigenvalue weighted by atomic mass is 10.2. The Morgan fingerprint density at radius 1 is 1.40 bits per heavy atom. The highest BCUT2D eigenvalue weighted by Gasteiger charge is 2.01. The van der Waals surface area contributed by atoms with Crippen LogP contribution in [0.5, 0.6) is 5.75 Å². The van der Waals surface area contributed by atoms with Gasteiger partial charge in [-0.3, -0.25) is 0 Å². The van der Waals surface area contributed by atoms with Gasteiger partial charge in [0.2, 0.25) is 0 Å². The number of ether oxygens (including phenoxy) is 2. The van der Waals surface area contributed by atoms with Crippen LogP contribution < -0.4 is 4.74 Å². The highest BCUT2D eigenvalue weighted by molar-refractivity contribution is 5.28. The Balaban J connectivity index is 0.000000583. The van der Waals surface area contributed by atoms with Crippen LogP contribution in [0.2, 0.25) is 0 Å². The second-order valence-corrected chi connectivity index (χ2v) is 2.57. The lowest BCUT2D eigenvalue weighted by Crippen LogP contribution is -2.00. The highest BCUT2D eigenvalue weighted by atomic mass is 19.1. The van der Waals surface area contributed by atoms with E-state index in [2.05, 4.69) is 4.74 Å². The molecule has 0 aliphatic rings. The van der Waals surface area contributed by atoms with E-state index in [4.69, 9.17) is 14.3 Å². The predicted molar refractivity (Wildman–Crippen MR) is 48.6 cm³/mol. The number of benzene rings is 1. The van der Waals surface area contributed by atoms with Crippen molar-refractivity contribution in [1.29, 1.82) is 0 Å². The molecule has 0 aliphatic heterocycles. The molecule has 0 aromatic heterocycles. The lowest BCUT2D eigenvalue weighted by Gasteiger charge is -2.05. The summed E-state index contributed by atoms with van der Waals surface area (Å²) in [5, 5.41) is 0. The summed E-state index contributed by atoms with van der Waals surface area (Å²) in [5.41, 5.74) is 0.872. The molecule has 0 unspecified atom stereocenters. The van der Waals surface area contributed by atoms with Crippen molar-refractivity contribution in [2.75, 3.05) is 13.9 Å². The molecule has 0 amide bonds. The Kier molecular flexibility index (Phi) is 6.80. The molecule has 1 aromatic rings. The van der Waals surface area contributed by atoms with Crippen molar-refractivity contribution >= 4 is 6.15 Å². The van der Waals surface area contributed by atoms with E-state index in [1.165, 1.54) is 13.2 Å². The van der Waals surface area contributed by atoms with Crippen molar-refractivity contribution in [3.05, 3.63) is 29.6 Å². The molecule has 5 heteroatoms. The van der Waals surface area contributed by atoms with Gasteiger partial charge >= 0.3 is 6.15 Å². The van der Waals surface area contributed by atoms with Gasteiger partial charge in [0.05, 0.1) is 0 Å². The molecule has 1 aromatic carbocycles. The highest BCUT2D eigenvalue weighted by Crippen LogP contribution is 2.17. The fraction of sp³-hybridized carbons (Fsp3) is 0.300. The summed E-state index contributed by atoms with van der Waals surface area (Å²) in [6.45, 7) is 1.89. The fourth-order valence-electron chi connectivity index (χ4n) is 0.845. The molecule has 0 aliphatic carbocycles. The van der Waals surface area contributed by atoms with Gasteiger partial charge in [-0.25, -0.2) is 4.39 Å². The van der Waals surface area contributed by atoms with Gasteiger partial charge in [-0.15, -0.1) is 0 Å². The van der Waals surface area contributed by atoms with Gasteiger partial charge in [-0.2, -0.15) is 9.59 Å². The molecule has 0 N–H and O–H groups in total. The van der Waals surface area contributed by atoms with Crippen LogP contribution in [0, 0.1) is 12.7 Å². The molecule has 0 heterocycles. The minimum absolute atomic E-state index is 0.0694. The number of hydrogen-bond donors (Lipinski definition) is 0. The first-order valence-electron chi connectivity index (χ1n) is 4.02. The number of methoxy groups -OCH3 is 1. The molecule has 82 valence electrons. The first kappa shape index (κ1) is 13.3. The Morgan fingerprint density at radius 3 is 2.47 bits per heavy atom. The Bertz CT molecular complexity index is 332. The second kappa shape index (κ2) is 7.67. The van der Waals surface area contributed by atoms with Crippen molar-refractivity contribution in [1.82, 2.24) is 0 Å². The van der Waals surface area contributed by atoms with Crippen LogP contribution in [-0.2, 0) is 14.3 Å². The van der Waals surface area contributed by atoms with Gasteiger partial charge in [0.1, 0.15) is 0 Å². The van der Waals surface area contributed by atoms with Gasteiger partial charge in [0.15, 0.2) is 18.4 Å². The van der Waals surface area contributed by atoms with Gasteiger partial charge in [-0.1, -0.05) is 6.07 Å². The van der Waals surface area contributed by atoms with E-state index >= 15 is 0 Å². The third-order valence-electron chi connectivity index (χ3n) is 1.42. The third-order valence-corrected chi connectivity index (χ3v) is 1.42. The van der Waals surface area contributed by atoms with Crippen molar-refractivity contribution < 1.29 is 23.5 Å². The van der Waals surface area contributed by atoms with Gasteiger partial charge in [-0.05, 0) is 24.6 Å². The van der Waals surface area contributed by atoms with E-state index in [0.717, 1.165) is 5.56 Å². The van der Waals surface area contributed by atoms with Crippen LogP contribution in [0.3, 0.4) is 0 Å². The lowest BCUT2D eigenvalue weighted by molar-refractivity contribution is -0.191. The molecular weight excluding hydrogens is 203 g/mol. The topological polar surface area (TPSA) is 52.6 Å². The van der Waals surface area contributed by atoms with Crippen LogP contribution in [0.25, 0.3) is 0 Å². The summed E-state index contributed by atoms with van der Waals surface area (Å²) in [6.07, 6.45) is 0.250. The minimum Gasteiger partial charge on any atom is -0.464 e. The number of hydrogen-bond acceptors (Lipinski definition) is 4. The average Bonchev–Trinajstić information content (AvgIpc) is 2.18. The normalized spacial score (nSPS) is 8.47. The van der Waals surface area contributed by atoms with E-state index < -0.39 is 0 Å². The van der Waals surface area contributed by atoms with Gasteiger partial charge in [0.25, 0.3) is 0 Å². The van der Waals surface area contributed by atoms with Crippen molar-refractivity contribution in [3.8, 4) is 5.75 Å². The predicted octanol–water partition coefficient (Wildman–Crippen LogP) is 1.53. The van der Waals surface area contributed by atoms with E-state index in [0.29, 0.717) is 0 Å². The Labute approximate surface area is 86.6 Å². The summed E-state index contributed by atoms with van der Waals surface area (Å²) in [6, 6.07) is 4.79. The first-order chi connectivity index (χ1) is 7.15. The largest absolute Gasteiger partial charge is 0.464 e. The molecule has 1 rings (SSSR count). The average molecular weight is 214 g/mol. The first-order valence-corrected chi connectivity index (χ1v) is 4.02. The molecule has 0 radical (unpaired) electrons. The molecule has 0 saturated heterocycles. The zero-order valence-electron chi connectivity index (χ0n) is 8.45. The van der Waals surface area contributed by atoms with Crippen LogP contribution in [0.4, 0.5) is 4.39 Å². The summed E-state index contributed by atoms with van der Waals surface area (Å²) in [4.78, 5) is 16.2. The van der Waals surface area contributed by atoms with E-state index in [9.17, 15) is 4.39 Å². The Morgan fingerprint density at radius 2 is 2.00 bits per heavy atom. The monoisotopic (exact) mass is 214 g/mol. The number of carbonyl (C=O) groups excluding carboxylic acids is 2. The van der Waals surface area contributed by atoms with Crippen LogP contribution >= 0.6 is 0 Å². The number of aryl methyl sites for hydroxylation is 1. The molecular formula is C10H11FO4. The smallest absolute Gasteiger partial charge is 0.373 e. The third kappa shape index (κ3) is 5.57. The SMILES string of the molecule is COCOc1ccc(C)cc1F.O=C=O. The molecule has 0 saturated carbocycles. The summed E-state index contributed by atoms with van der Waals surface area (Å²) < 4.78 is 22.6. The van der Waals surface area contributed by atoms with E-state index in [-0.39, 0.29) is 24.5 Å². The van der Waals surface area contributed by atoms with E-state index in [1.807, 2.05) is 6.92 Å². The zero-order valence-corrected chi connectivity index (χ0v) is 8.45. The second-order valence-electron chi connectivity index (χ2n) is 2.57. The molecule has 0 atom stereocenters. The number of rotatable bonds is 3. The van der Waals surface area contributed by atoms with Crippen LogP contribution in [0.1, 0.15) is 5.56 Å². The molecule has 0 fully saturated rings. The maximum atomic E-state index is 13.0. The maximum Gasteiger partial charge on any atom is 0.373 e. The van der Waals surface area contributed by atoms with Crippen molar-refractivity contribution in [2.45, 2.75) is 6.92 Å². The molecule has 4 nitrogen and oxygen atoms in total. The summed E-state index contributed by atoms with van der Waals surface area (Å²) in [5.74, 6) is -0.130.